The van der Waals surface area contributed by atoms with Gasteiger partial charge in [-0.25, -0.2) is 4.98 Å². The van der Waals surface area contributed by atoms with Gasteiger partial charge in [0, 0.05) is 25.3 Å². The van der Waals surface area contributed by atoms with E-state index in [0.29, 0.717) is 0 Å². The first-order valence-corrected chi connectivity index (χ1v) is 5.52. The Balaban J connectivity index is 1.80. The lowest BCUT2D eigenvalue weighted by atomic mass is 9.82. The molecule has 0 bridgehead atoms. The fourth-order valence-electron chi connectivity index (χ4n) is 2.10. The maximum absolute atomic E-state index is 4.15. The van der Waals surface area contributed by atoms with E-state index >= 15 is 0 Å². The Morgan fingerprint density at radius 3 is 3.00 bits per heavy atom. The molecule has 1 aliphatic rings. The fourth-order valence-corrected chi connectivity index (χ4v) is 2.10. The Kier molecular flexibility index (Phi) is 2.87. The molecule has 1 N–H and O–H groups in total. The van der Waals surface area contributed by atoms with E-state index in [1.165, 1.54) is 18.5 Å². The van der Waals surface area contributed by atoms with Gasteiger partial charge >= 0.3 is 0 Å². The summed E-state index contributed by atoms with van der Waals surface area (Å²) in [6, 6.07) is 0.741. The Hall–Kier alpha value is -0.830. The summed E-state index contributed by atoms with van der Waals surface area (Å²) >= 11 is 0. The monoisotopic (exact) mass is 193 g/mol. The summed E-state index contributed by atoms with van der Waals surface area (Å²) in [5.41, 5.74) is 1.30. The van der Waals surface area contributed by atoms with Crippen LogP contribution in [0.1, 0.15) is 32.4 Å². The second kappa shape index (κ2) is 4.13. The number of imidazole rings is 1. The van der Waals surface area contributed by atoms with Crippen molar-refractivity contribution in [1.82, 2.24) is 14.9 Å². The van der Waals surface area contributed by atoms with Crippen molar-refractivity contribution in [2.45, 2.75) is 45.8 Å². The molecule has 1 aliphatic carbocycles. The van der Waals surface area contributed by atoms with Crippen LogP contribution in [0.25, 0.3) is 0 Å². The maximum Gasteiger partial charge on any atom is 0.0948 e. The van der Waals surface area contributed by atoms with Crippen LogP contribution in [0, 0.1) is 5.92 Å². The Morgan fingerprint density at radius 2 is 2.36 bits per heavy atom. The van der Waals surface area contributed by atoms with Crippen LogP contribution in [0.3, 0.4) is 0 Å². The van der Waals surface area contributed by atoms with Gasteiger partial charge in [0.15, 0.2) is 0 Å². The summed E-state index contributed by atoms with van der Waals surface area (Å²) in [4.78, 5) is 4.15. The zero-order chi connectivity index (χ0) is 9.97. The highest BCUT2D eigenvalue weighted by molar-refractivity contribution is 4.98. The lowest BCUT2D eigenvalue weighted by molar-refractivity contribution is 0.239. The van der Waals surface area contributed by atoms with Gasteiger partial charge in [0.05, 0.1) is 12.0 Å². The van der Waals surface area contributed by atoms with Crippen LogP contribution in [-0.4, -0.2) is 15.6 Å². The van der Waals surface area contributed by atoms with Gasteiger partial charge in [0.1, 0.15) is 0 Å². The Labute approximate surface area is 85.5 Å². The summed E-state index contributed by atoms with van der Waals surface area (Å²) < 4.78 is 2.19. The zero-order valence-electron chi connectivity index (χ0n) is 9.03. The molecule has 0 spiro atoms. The highest BCUT2D eigenvalue weighted by Gasteiger charge is 2.24. The van der Waals surface area contributed by atoms with Gasteiger partial charge in [-0.05, 0) is 25.7 Å². The van der Waals surface area contributed by atoms with Gasteiger partial charge in [0.2, 0.25) is 0 Å². The fraction of sp³-hybridized carbons (Fsp3) is 0.727. The third-order valence-electron chi connectivity index (χ3n) is 3.08. The normalized spacial score (nSPS) is 26.1. The number of hydrogen-bond acceptors (Lipinski definition) is 2. The van der Waals surface area contributed by atoms with Crippen molar-refractivity contribution >= 4 is 0 Å². The average Bonchev–Trinajstić information content (AvgIpc) is 2.57. The summed E-state index contributed by atoms with van der Waals surface area (Å²) in [6.45, 7) is 6.44. The largest absolute Gasteiger partial charge is 0.334 e. The predicted octanol–water partition coefficient (Wildman–Crippen LogP) is 1.79. The minimum atomic E-state index is 0.741. The van der Waals surface area contributed by atoms with Gasteiger partial charge in [-0.3, -0.25) is 0 Å². The molecule has 1 fully saturated rings. The first kappa shape index (κ1) is 9.71. The van der Waals surface area contributed by atoms with Crippen molar-refractivity contribution in [3.05, 3.63) is 18.2 Å². The molecule has 1 saturated carbocycles. The lowest BCUT2D eigenvalue weighted by Crippen LogP contribution is -2.39. The number of hydrogen-bond donors (Lipinski definition) is 1. The van der Waals surface area contributed by atoms with Gasteiger partial charge in [-0.15, -0.1) is 0 Å². The van der Waals surface area contributed by atoms with Crippen molar-refractivity contribution in [3.8, 4) is 0 Å². The summed E-state index contributed by atoms with van der Waals surface area (Å²) in [5, 5.41) is 3.57. The highest BCUT2D eigenvalue weighted by atomic mass is 15.1. The molecule has 2 rings (SSSR count). The van der Waals surface area contributed by atoms with E-state index in [1.807, 2.05) is 12.5 Å². The van der Waals surface area contributed by atoms with Gasteiger partial charge in [0.25, 0.3) is 0 Å². The zero-order valence-corrected chi connectivity index (χ0v) is 9.03. The summed E-state index contributed by atoms with van der Waals surface area (Å²) in [7, 11) is 0. The van der Waals surface area contributed by atoms with Crippen LogP contribution >= 0.6 is 0 Å². The van der Waals surface area contributed by atoms with Crippen LogP contribution in [0.15, 0.2) is 12.5 Å². The molecule has 0 amide bonds. The second-order valence-electron chi connectivity index (χ2n) is 4.33. The number of aryl methyl sites for hydroxylation is 1. The van der Waals surface area contributed by atoms with Gasteiger partial charge < -0.3 is 9.88 Å². The van der Waals surface area contributed by atoms with E-state index in [4.69, 9.17) is 0 Å². The van der Waals surface area contributed by atoms with Crippen molar-refractivity contribution in [1.29, 1.82) is 0 Å². The minimum absolute atomic E-state index is 0.741. The number of nitrogens with zero attached hydrogens (tertiary/aromatic N) is 2. The molecule has 0 atom stereocenters. The van der Waals surface area contributed by atoms with Crippen LogP contribution < -0.4 is 5.32 Å². The Morgan fingerprint density at radius 1 is 1.57 bits per heavy atom. The molecule has 3 heteroatoms. The quantitative estimate of drug-likeness (QED) is 0.790. The highest BCUT2D eigenvalue weighted by Crippen LogP contribution is 2.26. The second-order valence-corrected chi connectivity index (χ2v) is 4.33. The molecule has 14 heavy (non-hydrogen) atoms. The van der Waals surface area contributed by atoms with E-state index in [9.17, 15) is 0 Å². The molecule has 3 nitrogen and oxygen atoms in total. The molecule has 0 unspecified atom stereocenters. The molecule has 0 radical (unpaired) electrons. The molecule has 0 aromatic carbocycles. The SMILES string of the molecule is CCn1cncc1CNC1CC(C)C1. The molecular weight excluding hydrogens is 174 g/mol. The van der Waals surface area contributed by atoms with Crippen LogP contribution in [0.2, 0.25) is 0 Å². The van der Waals surface area contributed by atoms with Crippen molar-refractivity contribution in [2.24, 2.45) is 5.92 Å². The van der Waals surface area contributed by atoms with Crippen molar-refractivity contribution in [3.63, 3.8) is 0 Å². The lowest BCUT2D eigenvalue weighted by Gasteiger charge is -2.33. The van der Waals surface area contributed by atoms with E-state index < -0.39 is 0 Å². The van der Waals surface area contributed by atoms with E-state index in [2.05, 4.69) is 28.7 Å². The molecular formula is C11H19N3. The van der Waals surface area contributed by atoms with E-state index in [1.54, 1.807) is 0 Å². The Bertz CT molecular complexity index is 286. The van der Waals surface area contributed by atoms with E-state index in [0.717, 1.165) is 25.0 Å². The summed E-state index contributed by atoms with van der Waals surface area (Å²) in [5.74, 6) is 0.920. The molecule has 0 aliphatic heterocycles. The van der Waals surface area contributed by atoms with E-state index in [-0.39, 0.29) is 0 Å². The number of aromatic nitrogens is 2. The smallest absolute Gasteiger partial charge is 0.0948 e. The molecule has 78 valence electrons. The molecule has 0 saturated heterocycles. The van der Waals surface area contributed by atoms with Crippen molar-refractivity contribution in [2.75, 3.05) is 0 Å². The standard InChI is InChI=1S/C11H19N3/c1-3-14-8-12-6-11(14)7-13-10-4-9(2)5-10/h6,8-10,13H,3-5,7H2,1-2H3. The average molecular weight is 193 g/mol. The van der Waals surface area contributed by atoms with Crippen LogP contribution in [0.5, 0.6) is 0 Å². The third kappa shape index (κ3) is 1.98. The number of rotatable bonds is 4. The number of nitrogens with one attached hydrogen (secondary N) is 1. The maximum atomic E-state index is 4.15. The molecule has 1 heterocycles. The molecule has 1 aromatic rings. The van der Waals surface area contributed by atoms with Crippen molar-refractivity contribution < 1.29 is 0 Å². The summed E-state index contributed by atoms with van der Waals surface area (Å²) in [6.07, 6.45) is 6.53. The first-order chi connectivity index (χ1) is 6.79. The van der Waals surface area contributed by atoms with Crippen LogP contribution in [0.4, 0.5) is 0 Å². The van der Waals surface area contributed by atoms with Crippen LogP contribution in [-0.2, 0) is 13.1 Å². The van der Waals surface area contributed by atoms with Gasteiger partial charge in [-0.1, -0.05) is 6.92 Å². The molecule has 1 aromatic heterocycles. The predicted molar refractivity (Wildman–Crippen MR) is 56.9 cm³/mol. The van der Waals surface area contributed by atoms with Gasteiger partial charge in [-0.2, -0.15) is 0 Å². The third-order valence-corrected chi connectivity index (χ3v) is 3.08. The first-order valence-electron chi connectivity index (χ1n) is 5.52. The minimum Gasteiger partial charge on any atom is -0.334 e. The topological polar surface area (TPSA) is 29.9 Å².